The van der Waals surface area contributed by atoms with Crippen LogP contribution in [0.4, 0.5) is 0 Å². The number of nitrogens with one attached hydrogen (secondary N) is 1. The molecule has 6 heteroatoms. The average Bonchev–Trinajstić information content (AvgIpc) is 2.97. The highest BCUT2D eigenvalue weighted by Gasteiger charge is 2.18. The number of rotatable bonds is 6. The first kappa shape index (κ1) is 14.7. The summed E-state index contributed by atoms with van der Waals surface area (Å²) in [4.78, 5) is 5.49. The maximum absolute atomic E-state index is 5.35. The molecule has 2 aromatic rings. The first-order valence-corrected chi connectivity index (χ1v) is 8.02. The van der Waals surface area contributed by atoms with Gasteiger partial charge in [0.15, 0.2) is 0 Å². The van der Waals surface area contributed by atoms with Crippen LogP contribution >= 0.6 is 27.3 Å². The average molecular weight is 344 g/mol. The smallest absolute Gasteiger partial charge is 0.228 e. The molecule has 0 aliphatic carbocycles. The summed E-state index contributed by atoms with van der Waals surface area (Å²) < 4.78 is 6.42. The molecule has 1 atom stereocenters. The molecule has 1 unspecified atom stereocenters. The molecule has 0 aliphatic rings. The van der Waals surface area contributed by atoms with Gasteiger partial charge in [-0.1, -0.05) is 25.9 Å². The molecule has 1 N–H and O–H groups in total. The van der Waals surface area contributed by atoms with E-state index >= 15 is 0 Å². The quantitative estimate of drug-likeness (QED) is 0.867. The van der Waals surface area contributed by atoms with Crippen molar-refractivity contribution in [2.75, 3.05) is 6.54 Å². The van der Waals surface area contributed by atoms with Crippen LogP contribution in [0.1, 0.15) is 26.7 Å². The Balaban J connectivity index is 2.08. The highest BCUT2D eigenvalue weighted by molar-refractivity contribution is 9.11. The number of hydrogen-bond donors (Lipinski definition) is 1. The molecule has 0 radical (unpaired) electrons. The fraction of sp³-hybridized carbons (Fsp3) is 0.538. The van der Waals surface area contributed by atoms with Crippen LogP contribution in [0.25, 0.3) is 10.7 Å². The predicted molar refractivity (Wildman–Crippen MR) is 81.3 cm³/mol. The van der Waals surface area contributed by atoms with Gasteiger partial charge in [-0.25, -0.2) is 0 Å². The van der Waals surface area contributed by atoms with E-state index in [0.29, 0.717) is 23.7 Å². The first-order valence-electron chi connectivity index (χ1n) is 6.41. The summed E-state index contributed by atoms with van der Waals surface area (Å²) in [6.07, 6.45) is 0.769. The Bertz CT molecular complexity index is 523. The third-order valence-electron chi connectivity index (χ3n) is 2.93. The summed E-state index contributed by atoms with van der Waals surface area (Å²) >= 11 is 5.04. The SMILES string of the molecule is CCNC(Cc1nc(-c2ccc(Br)s2)no1)C(C)C. The number of likely N-dealkylation sites (N-methyl/N-ethyl adjacent to an activating group) is 1. The van der Waals surface area contributed by atoms with E-state index in [-0.39, 0.29) is 0 Å². The third kappa shape index (κ3) is 3.87. The molecule has 0 spiro atoms. The highest BCUT2D eigenvalue weighted by atomic mass is 79.9. The van der Waals surface area contributed by atoms with Gasteiger partial charge in [0.2, 0.25) is 11.7 Å². The second-order valence-corrected chi connectivity index (χ2v) is 7.19. The van der Waals surface area contributed by atoms with Crippen molar-refractivity contribution in [2.45, 2.75) is 33.2 Å². The molecule has 104 valence electrons. The molecule has 0 aliphatic heterocycles. The Morgan fingerprint density at radius 3 is 2.79 bits per heavy atom. The summed E-state index contributed by atoms with van der Waals surface area (Å²) in [7, 11) is 0. The van der Waals surface area contributed by atoms with Gasteiger partial charge in [-0.05, 0) is 40.5 Å². The molecule has 19 heavy (non-hydrogen) atoms. The van der Waals surface area contributed by atoms with Crippen LogP contribution in [0.2, 0.25) is 0 Å². The van der Waals surface area contributed by atoms with Crippen molar-refractivity contribution < 1.29 is 4.52 Å². The van der Waals surface area contributed by atoms with Gasteiger partial charge in [0.25, 0.3) is 0 Å². The van der Waals surface area contributed by atoms with Crippen molar-refractivity contribution in [3.63, 3.8) is 0 Å². The van der Waals surface area contributed by atoms with Gasteiger partial charge < -0.3 is 9.84 Å². The lowest BCUT2D eigenvalue weighted by molar-refractivity contribution is 0.329. The lowest BCUT2D eigenvalue weighted by atomic mass is 10.0. The van der Waals surface area contributed by atoms with E-state index in [9.17, 15) is 0 Å². The van der Waals surface area contributed by atoms with Crippen LogP contribution in [-0.2, 0) is 6.42 Å². The lowest BCUT2D eigenvalue weighted by Gasteiger charge is -2.19. The van der Waals surface area contributed by atoms with Gasteiger partial charge in [-0.3, -0.25) is 0 Å². The van der Waals surface area contributed by atoms with Crippen molar-refractivity contribution in [1.82, 2.24) is 15.5 Å². The van der Waals surface area contributed by atoms with E-state index in [1.165, 1.54) is 0 Å². The van der Waals surface area contributed by atoms with Crippen LogP contribution in [0.15, 0.2) is 20.4 Å². The van der Waals surface area contributed by atoms with E-state index < -0.39 is 0 Å². The molecule has 4 nitrogen and oxygen atoms in total. The molecular weight excluding hydrogens is 326 g/mol. The number of hydrogen-bond acceptors (Lipinski definition) is 5. The van der Waals surface area contributed by atoms with E-state index in [0.717, 1.165) is 21.6 Å². The number of aromatic nitrogens is 2. The Labute approximate surface area is 125 Å². The minimum atomic E-state index is 0.369. The van der Waals surface area contributed by atoms with Crippen molar-refractivity contribution >= 4 is 27.3 Å². The van der Waals surface area contributed by atoms with Gasteiger partial charge >= 0.3 is 0 Å². The summed E-state index contributed by atoms with van der Waals surface area (Å²) in [5, 5.41) is 7.50. The largest absolute Gasteiger partial charge is 0.339 e. The molecule has 0 aromatic carbocycles. The predicted octanol–water partition coefficient (Wildman–Crippen LogP) is 3.74. The fourth-order valence-corrected chi connectivity index (χ4v) is 3.18. The first-order chi connectivity index (χ1) is 9.10. The fourth-order valence-electron chi connectivity index (χ4n) is 1.87. The van der Waals surface area contributed by atoms with Gasteiger partial charge in [0, 0.05) is 12.5 Å². The van der Waals surface area contributed by atoms with Crippen LogP contribution in [0, 0.1) is 5.92 Å². The summed E-state index contributed by atoms with van der Waals surface area (Å²) in [5.41, 5.74) is 0. The minimum Gasteiger partial charge on any atom is -0.339 e. The second-order valence-electron chi connectivity index (χ2n) is 4.73. The van der Waals surface area contributed by atoms with E-state index in [4.69, 9.17) is 4.52 Å². The maximum atomic E-state index is 5.35. The van der Waals surface area contributed by atoms with Crippen LogP contribution in [0.3, 0.4) is 0 Å². The van der Waals surface area contributed by atoms with E-state index in [1.807, 2.05) is 12.1 Å². The normalized spacial score (nSPS) is 13.1. The Morgan fingerprint density at radius 1 is 1.42 bits per heavy atom. The van der Waals surface area contributed by atoms with Gasteiger partial charge in [-0.2, -0.15) is 4.98 Å². The molecule has 2 rings (SSSR count). The zero-order chi connectivity index (χ0) is 13.8. The molecule has 2 aromatic heterocycles. The minimum absolute atomic E-state index is 0.369. The van der Waals surface area contributed by atoms with E-state index in [1.54, 1.807) is 11.3 Å². The molecule has 0 saturated heterocycles. The standard InChI is InChI=1S/C13H18BrN3OS/c1-4-15-9(8(2)3)7-12-16-13(17-18-12)10-5-6-11(14)19-10/h5-6,8-9,15H,4,7H2,1-3H3. The summed E-state index contributed by atoms with van der Waals surface area (Å²) in [5.74, 6) is 1.90. The molecule has 0 fully saturated rings. The molecule has 0 saturated carbocycles. The van der Waals surface area contributed by atoms with Crippen LogP contribution in [-0.4, -0.2) is 22.7 Å². The van der Waals surface area contributed by atoms with Gasteiger partial charge in [0.05, 0.1) is 8.66 Å². The highest BCUT2D eigenvalue weighted by Crippen LogP contribution is 2.29. The number of halogens is 1. The van der Waals surface area contributed by atoms with Crippen molar-refractivity contribution in [3.05, 3.63) is 21.8 Å². The molecule has 0 amide bonds. The van der Waals surface area contributed by atoms with Gasteiger partial charge in [-0.15, -0.1) is 11.3 Å². The summed E-state index contributed by atoms with van der Waals surface area (Å²) in [6.45, 7) is 7.45. The van der Waals surface area contributed by atoms with Crippen LogP contribution < -0.4 is 5.32 Å². The van der Waals surface area contributed by atoms with Crippen LogP contribution in [0.5, 0.6) is 0 Å². The molecular formula is C13H18BrN3OS. The topological polar surface area (TPSA) is 51.0 Å². The van der Waals surface area contributed by atoms with Crippen molar-refractivity contribution in [1.29, 1.82) is 0 Å². The number of nitrogens with zero attached hydrogens (tertiary/aromatic N) is 2. The maximum Gasteiger partial charge on any atom is 0.228 e. The second kappa shape index (κ2) is 6.63. The van der Waals surface area contributed by atoms with Crippen molar-refractivity contribution in [3.8, 4) is 10.7 Å². The van der Waals surface area contributed by atoms with Gasteiger partial charge in [0.1, 0.15) is 0 Å². The Kier molecular flexibility index (Phi) is 5.13. The molecule has 0 bridgehead atoms. The van der Waals surface area contributed by atoms with E-state index in [2.05, 4.69) is 52.2 Å². The number of thiophene rings is 1. The zero-order valence-electron chi connectivity index (χ0n) is 11.3. The monoisotopic (exact) mass is 343 g/mol. The lowest BCUT2D eigenvalue weighted by Crippen LogP contribution is -2.35. The Hall–Kier alpha value is -0.720. The molecule has 2 heterocycles. The zero-order valence-corrected chi connectivity index (χ0v) is 13.7. The summed E-state index contributed by atoms with van der Waals surface area (Å²) in [6, 6.07) is 4.35. The third-order valence-corrected chi connectivity index (χ3v) is 4.55. The van der Waals surface area contributed by atoms with Crippen molar-refractivity contribution in [2.24, 2.45) is 5.92 Å². The Morgan fingerprint density at radius 2 is 2.21 bits per heavy atom.